The molecule has 3 rings (SSSR count). The van der Waals surface area contributed by atoms with Crippen molar-refractivity contribution < 1.29 is 14.2 Å². The maximum Gasteiger partial charge on any atom is 0.140 e. The first kappa shape index (κ1) is 17.1. The summed E-state index contributed by atoms with van der Waals surface area (Å²) >= 11 is 0. The van der Waals surface area contributed by atoms with Crippen molar-refractivity contribution in [3.05, 3.63) is 53.9 Å². The van der Waals surface area contributed by atoms with Crippen LogP contribution in [-0.4, -0.2) is 46.3 Å². The highest BCUT2D eigenvalue weighted by atomic mass is 19.1. The minimum Gasteiger partial charge on any atom is -0.387 e. The number of aryl methyl sites for hydroxylation is 1. The molecule has 1 N–H and O–H groups in total. The van der Waals surface area contributed by atoms with Crippen LogP contribution in [0.1, 0.15) is 30.3 Å². The zero-order valence-corrected chi connectivity index (χ0v) is 14.2. The van der Waals surface area contributed by atoms with Crippen molar-refractivity contribution >= 4 is 0 Å². The molecule has 24 heavy (non-hydrogen) atoms. The van der Waals surface area contributed by atoms with Crippen molar-refractivity contribution in [1.29, 1.82) is 0 Å². The number of nitrogens with zero attached hydrogens (tertiary/aromatic N) is 3. The van der Waals surface area contributed by atoms with Gasteiger partial charge in [-0.15, -0.1) is 0 Å². The molecule has 2 heterocycles. The van der Waals surface area contributed by atoms with Gasteiger partial charge in [-0.2, -0.15) is 0 Å². The lowest BCUT2D eigenvalue weighted by molar-refractivity contribution is -0.0750. The first-order chi connectivity index (χ1) is 11.6. The molecule has 5 nitrogen and oxygen atoms in total. The van der Waals surface area contributed by atoms with Crippen molar-refractivity contribution in [1.82, 2.24) is 14.5 Å². The van der Waals surface area contributed by atoms with E-state index < -0.39 is 11.7 Å². The first-order valence-corrected chi connectivity index (χ1v) is 8.23. The lowest BCUT2D eigenvalue weighted by Crippen LogP contribution is -2.46. The normalized spacial score (nSPS) is 19.3. The summed E-state index contributed by atoms with van der Waals surface area (Å²) < 4.78 is 21.6. The van der Waals surface area contributed by atoms with Gasteiger partial charge in [0.1, 0.15) is 17.2 Å². The second kappa shape index (κ2) is 7.01. The van der Waals surface area contributed by atoms with Crippen LogP contribution in [-0.2, 0) is 17.4 Å². The van der Waals surface area contributed by atoms with E-state index in [9.17, 15) is 9.50 Å². The van der Waals surface area contributed by atoms with E-state index >= 15 is 0 Å². The number of methoxy groups -OCH3 is 1. The van der Waals surface area contributed by atoms with E-state index in [-0.39, 0.29) is 5.82 Å². The summed E-state index contributed by atoms with van der Waals surface area (Å²) in [6.07, 6.45) is 4.46. The van der Waals surface area contributed by atoms with Gasteiger partial charge in [-0.25, -0.2) is 9.37 Å². The van der Waals surface area contributed by atoms with Gasteiger partial charge >= 0.3 is 0 Å². The Morgan fingerprint density at radius 2 is 2.04 bits per heavy atom. The van der Waals surface area contributed by atoms with Gasteiger partial charge in [0.25, 0.3) is 0 Å². The van der Waals surface area contributed by atoms with Gasteiger partial charge in [0, 0.05) is 51.7 Å². The zero-order valence-electron chi connectivity index (χ0n) is 14.2. The summed E-state index contributed by atoms with van der Waals surface area (Å²) in [6, 6.07) is 6.39. The monoisotopic (exact) mass is 333 g/mol. The molecule has 1 aromatic carbocycles. The predicted molar refractivity (Wildman–Crippen MR) is 88.9 cm³/mol. The maximum atomic E-state index is 13.8. The number of imidazole rings is 1. The van der Waals surface area contributed by atoms with Gasteiger partial charge in [0.2, 0.25) is 0 Å². The molecule has 0 aliphatic carbocycles. The van der Waals surface area contributed by atoms with Crippen molar-refractivity contribution in [3.63, 3.8) is 0 Å². The van der Waals surface area contributed by atoms with Crippen LogP contribution in [0.4, 0.5) is 4.39 Å². The molecule has 1 fully saturated rings. The highest BCUT2D eigenvalue weighted by Crippen LogP contribution is 2.35. The third kappa shape index (κ3) is 3.22. The summed E-state index contributed by atoms with van der Waals surface area (Å²) in [4.78, 5) is 6.60. The molecule has 1 aliphatic heterocycles. The van der Waals surface area contributed by atoms with Gasteiger partial charge < -0.3 is 19.3 Å². The van der Waals surface area contributed by atoms with Crippen molar-refractivity contribution in [2.45, 2.75) is 24.5 Å². The van der Waals surface area contributed by atoms with Crippen molar-refractivity contribution in [2.75, 3.05) is 26.7 Å². The predicted octanol–water partition coefficient (Wildman–Crippen LogP) is 2.23. The second-order valence-electron chi connectivity index (χ2n) is 6.40. The standard InChI is InChI=1S/C18H24FN3O2/c1-21-12-9-20-17(21)18(24-2)7-10-22(11-8-18)13-16(23)14-5-3-4-6-15(14)19/h3-6,9,12,16,23H,7-8,10-11,13H2,1-2H3. The van der Waals surface area contributed by atoms with Crippen LogP contribution in [0.25, 0.3) is 0 Å². The number of hydrogen-bond acceptors (Lipinski definition) is 4. The number of rotatable bonds is 5. The smallest absolute Gasteiger partial charge is 0.140 e. The molecule has 130 valence electrons. The summed E-state index contributed by atoms with van der Waals surface area (Å²) in [5.41, 5.74) is -0.0392. The van der Waals surface area contributed by atoms with E-state index in [1.54, 1.807) is 31.5 Å². The van der Waals surface area contributed by atoms with Crippen LogP contribution < -0.4 is 0 Å². The number of ether oxygens (including phenoxy) is 1. The van der Waals surface area contributed by atoms with Crippen LogP contribution in [0, 0.1) is 5.82 Å². The first-order valence-electron chi connectivity index (χ1n) is 8.23. The van der Waals surface area contributed by atoms with Gasteiger partial charge in [-0.3, -0.25) is 0 Å². The molecule has 1 unspecified atom stereocenters. The van der Waals surface area contributed by atoms with Crippen LogP contribution in [0.15, 0.2) is 36.7 Å². The molecule has 1 aliphatic rings. The van der Waals surface area contributed by atoms with E-state index in [0.717, 1.165) is 31.8 Å². The third-order valence-corrected chi connectivity index (χ3v) is 4.98. The minimum absolute atomic E-state index is 0.352. The Morgan fingerprint density at radius 1 is 1.33 bits per heavy atom. The van der Waals surface area contributed by atoms with E-state index in [1.165, 1.54) is 6.07 Å². The van der Waals surface area contributed by atoms with Gasteiger partial charge in [-0.1, -0.05) is 18.2 Å². The summed E-state index contributed by atoms with van der Waals surface area (Å²) in [6.45, 7) is 1.96. The number of aliphatic hydroxyl groups excluding tert-OH is 1. The number of benzene rings is 1. The molecule has 1 atom stereocenters. The zero-order chi connectivity index (χ0) is 17.2. The number of hydrogen-bond donors (Lipinski definition) is 1. The van der Waals surface area contributed by atoms with E-state index in [4.69, 9.17) is 4.74 Å². The van der Waals surface area contributed by atoms with Crippen LogP contribution in [0.2, 0.25) is 0 Å². The Hall–Kier alpha value is -1.76. The van der Waals surface area contributed by atoms with Gasteiger partial charge in [0.05, 0.1) is 6.10 Å². The fraction of sp³-hybridized carbons (Fsp3) is 0.500. The third-order valence-electron chi connectivity index (χ3n) is 4.98. The Labute approximate surface area is 141 Å². The summed E-state index contributed by atoms with van der Waals surface area (Å²) in [5, 5.41) is 10.3. The molecular formula is C18H24FN3O2. The van der Waals surface area contributed by atoms with Gasteiger partial charge in [-0.05, 0) is 18.9 Å². The molecule has 1 aromatic heterocycles. The Kier molecular flexibility index (Phi) is 4.99. The van der Waals surface area contributed by atoms with Crippen LogP contribution >= 0.6 is 0 Å². The van der Waals surface area contributed by atoms with Crippen LogP contribution in [0.5, 0.6) is 0 Å². The van der Waals surface area contributed by atoms with Crippen molar-refractivity contribution in [3.8, 4) is 0 Å². The lowest BCUT2D eigenvalue weighted by atomic mass is 9.89. The number of aliphatic hydroxyl groups is 1. The Balaban J connectivity index is 1.65. The minimum atomic E-state index is -0.825. The van der Waals surface area contributed by atoms with Gasteiger partial charge in [0.15, 0.2) is 0 Å². The molecule has 0 radical (unpaired) electrons. The average molecular weight is 333 g/mol. The van der Waals surface area contributed by atoms with Crippen LogP contribution in [0.3, 0.4) is 0 Å². The number of β-amino-alcohol motifs (C(OH)–C–C–N with tert-alkyl or cyclic N) is 1. The van der Waals surface area contributed by atoms with E-state index in [0.29, 0.717) is 12.1 Å². The molecule has 0 amide bonds. The number of aromatic nitrogens is 2. The molecule has 0 bridgehead atoms. The van der Waals surface area contributed by atoms with Crippen molar-refractivity contribution in [2.24, 2.45) is 7.05 Å². The number of likely N-dealkylation sites (tertiary alicyclic amines) is 1. The molecule has 6 heteroatoms. The maximum absolute atomic E-state index is 13.8. The molecule has 0 saturated carbocycles. The highest BCUT2D eigenvalue weighted by Gasteiger charge is 2.39. The molecular weight excluding hydrogens is 309 g/mol. The molecule has 2 aromatic rings. The largest absolute Gasteiger partial charge is 0.387 e. The second-order valence-corrected chi connectivity index (χ2v) is 6.40. The Bertz CT molecular complexity index is 680. The fourth-order valence-electron chi connectivity index (χ4n) is 3.51. The lowest BCUT2D eigenvalue weighted by Gasteiger charge is -2.40. The highest BCUT2D eigenvalue weighted by molar-refractivity contribution is 5.20. The summed E-state index contributed by atoms with van der Waals surface area (Å²) in [7, 11) is 3.69. The topological polar surface area (TPSA) is 50.5 Å². The quantitative estimate of drug-likeness (QED) is 0.912. The molecule has 1 saturated heterocycles. The van der Waals surface area contributed by atoms with E-state index in [2.05, 4.69) is 9.88 Å². The average Bonchev–Trinajstić information content (AvgIpc) is 3.03. The summed E-state index contributed by atoms with van der Waals surface area (Å²) in [5.74, 6) is 0.570. The fourth-order valence-corrected chi connectivity index (χ4v) is 3.51. The number of halogens is 1. The Morgan fingerprint density at radius 3 is 2.62 bits per heavy atom. The SMILES string of the molecule is COC1(c2nccn2C)CCN(CC(O)c2ccccc2F)CC1. The molecule has 0 spiro atoms. The van der Waals surface area contributed by atoms with E-state index in [1.807, 2.05) is 17.8 Å². The number of piperidine rings is 1.